The fourth-order valence-corrected chi connectivity index (χ4v) is 5.73. The molecule has 0 saturated carbocycles. The summed E-state index contributed by atoms with van der Waals surface area (Å²) >= 11 is 0. The molecule has 0 bridgehead atoms. The maximum atomic E-state index is 14.9. The van der Waals surface area contributed by atoms with Crippen LogP contribution in [0.1, 0.15) is 13.8 Å². The van der Waals surface area contributed by atoms with Gasteiger partial charge in [-0.1, -0.05) is 0 Å². The van der Waals surface area contributed by atoms with Crippen LogP contribution in [0.4, 0.5) is 36.2 Å². The van der Waals surface area contributed by atoms with E-state index in [1.54, 1.807) is 23.1 Å². The van der Waals surface area contributed by atoms with Crippen LogP contribution in [-0.2, 0) is 9.84 Å². The van der Waals surface area contributed by atoms with Crippen molar-refractivity contribution < 1.29 is 26.3 Å². The average Bonchev–Trinajstić information content (AvgIpc) is 2.85. The van der Waals surface area contributed by atoms with Crippen molar-refractivity contribution in [3.05, 3.63) is 54.0 Å². The first-order valence-corrected chi connectivity index (χ1v) is 13.7. The SMILES string of the molecule is CC(C)N1CCOc2c(F)cc(-c3nc(Nc4ccc(N5CCS(=O)(=O)CC5)c(F)c4)ncc3F)cc21. The highest BCUT2D eigenvalue weighted by Gasteiger charge is 2.26. The van der Waals surface area contributed by atoms with Crippen molar-refractivity contribution in [3.63, 3.8) is 0 Å². The number of nitrogens with one attached hydrogen (secondary N) is 1. The van der Waals surface area contributed by atoms with Crippen LogP contribution in [0.5, 0.6) is 5.75 Å². The molecule has 0 atom stereocenters. The zero-order valence-electron chi connectivity index (χ0n) is 20.3. The van der Waals surface area contributed by atoms with E-state index < -0.39 is 27.3 Å². The average molecular weight is 534 g/mol. The van der Waals surface area contributed by atoms with Crippen LogP contribution in [0, 0.1) is 17.5 Å². The van der Waals surface area contributed by atoms with E-state index in [0.717, 1.165) is 6.20 Å². The Hall–Kier alpha value is -3.54. The van der Waals surface area contributed by atoms with Gasteiger partial charge >= 0.3 is 0 Å². The summed E-state index contributed by atoms with van der Waals surface area (Å²) in [4.78, 5) is 11.8. The number of anilines is 4. The topological polar surface area (TPSA) is 87.7 Å². The maximum absolute atomic E-state index is 14.9. The fraction of sp³-hybridized carbons (Fsp3) is 0.360. The molecule has 0 unspecified atom stereocenters. The fourth-order valence-electron chi connectivity index (χ4n) is 4.53. The van der Waals surface area contributed by atoms with Gasteiger partial charge < -0.3 is 19.9 Å². The van der Waals surface area contributed by atoms with E-state index in [1.165, 1.54) is 12.1 Å². The van der Waals surface area contributed by atoms with Gasteiger partial charge in [0.1, 0.15) is 18.1 Å². The molecule has 2 aliphatic rings. The summed E-state index contributed by atoms with van der Waals surface area (Å²) in [6, 6.07) is 7.27. The molecule has 2 aliphatic heterocycles. The van der Waals surface area contributed by atoms with Crippen molar-refractivity contribution in [1.82, 2.24) is 9.97 Å². The zero-order valence-corrected chi connectivity index (χ0v) is 21.2. The van der Waals surface area contributed by atoms with Gasteiger partial charge in [-0.3, -0.25) is 0 Å². The highest BCUT2D eigenvalue weighted by molar-refractivity contribution is 7.91. The lowest BCUT2D eigenvalue weighted by molar-refractivity contribution is 0.287. The minimum Gasteiger partial charge on any atom is -0.486 e. The second kappa shape index (κ2) is 9.73. The molecule has 3 aromatic rings. The van der Waals surface area contributed by atoms with Crippen molar-refractivity contribution in [2.75, 3.05) is 52.9 Å². The second-order valence-corrected chi connectivity index (χ2v) is 11.6. The molecular weight excluding hydrogens is 507 g/mol. The Kier molecular flexibility index (Phi) is 6.61. The molecule has 0 spiro atoms. The van der Waals surface area contributed by atoms with Crippen LogP contribution in [0.15, 0.2) is 36.5 Å². The van der Waals surface area contributed by atoms with Crippen LogP contribution in [0.25, 0.3) is 11.3 Å². The third-order valence-corrected chi connectivity index (χ3v) is 8.05. The molecule has 1 fully saturated rings. The third-order valence-electron chi connectivity index (χ3n) is 6.44. The lowest BCUT2D eigenvalue weighted by Gasteiger charge is -2.34. The molecule has 1 aromatic heterocycles. The zero-order chi connectivity index (χ0) is 26.3. The standard InChI is InChI=1S/C25H26F3N5O3S/c1-15(2)33-5-8-36-24-19(27)11-16(12-22(24)33)23-20(28)14-29-25(31-23)30-17-3-4-21(18(26)13-17)32-6-9-37(34,35)10-7-32/h3-4,11-15H,5-10H2,1-2H3,(H,29,30,31). The lowest BCUT2D eigenvalue weighted by Crippen LogP contribution is -2.40. The molecule has 1 N–H and O–H groups in total. The van der Waals surface area contributed by atoms with Crippen molar-refractivity contribution in [1.29, 1.82) is 0 Å². The Labute approximate surface area is 213 Å². The molecule has 2 aromatic carbocycles. The molecule has 1 saturated heterocycles. The Morgan fingerprint density at radius 3 is 2.43 bits per heavy atom. The number of halogens is 3. The summed E-state index contributed by atoms with van der Waals surface area (Å²) in [5, 5.41) is 2.86. The summed E-state index contributed by atoms with van der Waals surface area (Å²) in [6.45, 7) is 5.31. The van der Waals surface area contributed by atoms with Crippen LogP contribution < -0.4 is 19.9 Å². The lowest BCUT2D eigenvalue weighted by atomic mass is 10.1. The minimum absolute atomic E-state index is 0.00251. The second-order valence-electron chi connectivity index (χ2n) is 9.26. The number of ether oxygens (including phenoxy) is 1. The minimum atomic E-state index is -3.09. The molecular formula is C25H26F3N5O3S. The van der Waals surface area contributed by atoms with E-state index in [1.807, 2.05) is 18.7 Å². The Morgan fingerprint density at radius 1 is 0.973 bits per heavy atom. The van der Waals surface area contributed by atoms with E-state index in [0.29, 0.717) is 30.2 Å². The first-order valence-electron chi connectivity index (χ1n) is 11.9. The number of hydrogen-bond donors (Lipinski definition) is 1. The third kappa shape index (κ3) is 5.15. The summed E-state index contributed by atoms with van der Waals surface area (Å²) in [7, 11) is -3.09. The Bertz CT molecular complexity index is 1440. The summed E-state index contributed by atoms with van der Waals surface area (Å²) < 4.78 is 73.3. The number of fused-ring (bicyclic) bond motifs is 1. The molecule has 196 valence electrons. The highest BCUT2D eigenvalue weighted by atomic mass is 32.2. The molecule has 8 nitrogen and oxygen atoms in total. The van der Waals surface area contributed by atoms with Crippen LogP contribution >= 0.6 is 0 Å². The summed E-state index contributed by atoms with van der Waals surface area (Å²) in [5.74, 6) is -1.82. The predicted octanol–water partition coefficient (Wildman–Crippen LogP) is 4.15. The van der Waals surface area contributed by atoms with Gasteiger partial charge in [0.2, 0.25) is 5.95 Å². The Balaban J connectivity index is 1.41. The van der Waals surface area contributed by atoms with Gasteiger partial charge in [0, 0.05) is 30.4 Å². The summed E-state index contributed by atoms with van der Waals surface area (Å²) in [6.07, 6.45) is 0.970. The number of sulfone groups is 1. The number of aromatic nitrogens is 2. The molecule has 0 aliphatic carbocycles. The highest BCUT2D eigenvalue weighted by Crippen LogP contribution is 2.39. The molecule has 12 heteroatoms. The first-order chi connectivity index (χ1) is 17.6. The van der Waals surface area contributed by atoms with Crippen molar-refractivity contribution in [2.45, 2.75) is 19.9 Å². The molecule has 5 rings (SSSR count). The van der Waals surface area contributed by atoms with Gasteiger partial charge in [0.25, 0.3) is 0 Å². The van der Waals surface area contributed by atoms with Crippen LogP contribution in [0.2, 0.25) is 0 Å². The van der Waals surface area contributed by atoms with E-state index in [9.17, 15) is 21.6 Å². The van der Waals surface area contributed by atoms with E-state index in [-0.39, 0.29) is 53.6 Å². The van der Waals surface area contributed by atoms with Gasteiger partial charge in [0.05, 0.1) is 35.6 Å². The molecule has 3 heterocycles. The van der Waals surface area contributed by atoms with Crippen LogP contribution in [-0.4, -0.2) is 62.2 Å². The van der Waals surface area contributed by atoms with Gasteiger partial charge in [-0.05, 0) is 44.2 Å². The number of nitrogens with zero attached hydrogens (tertiary/aromatic N) is 4. The van der Waals surface area contributed by atoms with Crippen molar-refractivity contribution >= 4 is 32.8 Å². The molecule has 37 heavy (non-hydrogen) atoms. The van der Waals surface area contributed by atoms with Gasteiger partial charge in [-0.25, -0.2) is 31.6 Å². The quantitative estimate of drug-likeness (QED) is 0.524. The predicted molar refractivity (Wildman–Crippen MR) is 136 cm³/mol. The van der Waals surface area contributed by atoms with Gasteiger partial charge in [-0.2, -0.15) is 0 Å². The molecule has 0 amide bonds. The summed E-state index contributed by atoms with van der Waals surface area (Å²) in [5.41, 5.74) is 1.24. The number of rotatable bonds is 5. The first kappa shape index (κ1) is 25.1. The van der Waals surface area contributed by atoms with Gasteiger partial charge in [-0.15, -0.1) is 0 Å². The van der Waals surface area contributed by atoms with Crippen LogP contribution in [0.3, 0.4) is 0 Å². The normalized spacial score (nSPS) is 16.9. The largest absolute Gasteiger partial charge is 0.486 e. The Morgan fingerprint density at radius 2 is 1.73 bits per heavy atom. The van der Waals surface area contributed by atoms with E-state index >= 15 is 0 Å². The number of benzene rings is 2. The van der Waals surface area contributed by atoms with Gasteiger partial charge in [0.15, 0.2) is 27.2 Å². The van der Waals surface area contributed by atoms with E-state index in [4.69, 9.17) is 4.74 Å². The monoisotopic (exact) mass is 533 g/mol. The smallest absolute Gasteiger partial charge is 0.227 e. The van der Waals surface area contributed by atoms with Crippen molar-refractivity contribution in [2.24, 2.45) is 0 Å². The van der Waals surface area contributed by atoms with Crippen molar-refractivity contribution in [3.8, 4) is 17.0 Å². The number of hydrogen-bond acceptors (Lipinski definition) is 8. The van der Waals surface area contributed by atoms with E-state index in [2.05, 4.69) is 15.3 Å². The maximum Gasteiger partial charge on any atom is 0.227 e. The molecule has 0 radical (unpaired) electrons.